The Kier molecular flexibility index (Phi) is 7.15. The highest BCUT2D eigenvalue weighted by Crippen LogP contribution is 2.45. The molecular weight excluding hydrogens is 413 g/mol. The van der Waals surface area contributed by atoms with Gasteiger partial charge in [0.05, 0.1) is 0 Å². The molecule has 32 heavy (non-hydrogen) atoms. The van der Waals surface area contributed by atoms with E-state index in [1.807, 2.05) is 0 Å². The van der Waals surface area contributed by atoms with Crippen molar-refractivity contribution in [1.29, 1.82) is 0 Å². The van der Waals surface area contributed by atoms with Gasteiger partial charge in [0.2, 0.25) is 0 Å². The van der Waals surface area contributed by atoms with Crippen LogP contribution in [0.5, 0.6) is 0 Å². The lowest BCUT2D eigenvalue weighted by Crippen LogP contribution is -2.15. The summed E-state index contributed by atoms with van der Waals surface area (Å²) >= 11 is -0.508. The minimum Gasteiger partial charge on any atom is -0.161 e. The SMILES string of the molecule is CCC1=Cc2c(C(C)C)cccc2[CH]1[Mg][C]1=C(CC)C(=[Si](C)C)c2c1cccc2C(C)C. The Morgan fingerprint density at radius 2 is 1.53 bits per heavy atom. The molecule has 0 amide bonds. The van der Waals surface area contributed by atoms with Crippen LogP contribution in [-0.4, -0.2) is 33.9 Å². The second-order valence-corrected chi connectivity index (χ2v) is 14.9. The van der Waals surface area contributed by atoms with E-state index in [1.165, 1.54) is 18.4 Å². The highest BCUT2D eigenvalue weighted by molar-refractivity contribution is 6.79. The molecule has 2 aromatic carbocycles. The predicted molar refractivity (Wildman–Crippen MR) is 147 cm³/mol. The lowest BCUT2D eigenvalue weighted by molar-refractivity contribution is 0.861. The maximum atomic E-state index is 2.56. The monoisotopic (exact) mass is 450 g/mol. The zero-order chi connectivity index (χ0) is 23.2. The predicted octanol–water partition coefficient (Wildman–Crippen LogP) is 8.18. The van der Waals surface area contributed by atoms with Crippen molar-refractivity contribution in [3.63, 3.8) is 0 Å². The van der Waals surface area contributed by atoms with Gasteiger partial charge in [-0.2, -0.15) is 3.70 Å². The zero-order valence-corrected chi connectivity index (χ0v) is 23.8. The van der Waals surface area contributed by atoms with E-state index in [9.17, 15) is 0 Å². The van der Waals surface area contributed by atoms with Gasteiger partial charge in [0.25, 0.3) is 0 Å². The molecule has 0 N–H and O–H groups in total. The third-order valence-corrected chi connectivity index (χ3v) is 11.7. The van der Waals surface area contributed by atoms with Crippen LogP contribution in [0.2, 0.25) is 13.1 Å². The number of allylic oxidation sites excluding steroid dienone is 2. The maximum Gasteiger partial charge on any atom is 0.426 e. The normalized spacial score (nSPS) is 17.1. The van der Waals surface area contributed by atoms with Crippen LogP contribution in [0.4, 0.5) is 0 Å². The number of fused-ring (bicyclic) bond motifs is 2. The second kappa shape index (κ2) is 9.56. The molecule has 164 valence electrons. The standard InChI is InChI=1S/C16H21Si.C14H17.Mg/c1-6-12-10-13-8-7-9-14(11(2)3)15(13)16(12)17(4)5;1-4-11-8-12-6-5-7-13(10(2)3)14(12)9-11;/h7-9,11H,6H2,1-5H3;5-10H,4H2,1-3H3;. The summed E-state index contributed by atoms with van der Waals surface area (Å²) in [7, 11) is -0.535. The quantitative estimate of drug-likeness (QED) is 0.389. The minimum atomic E-state index is -0.535. The summed E-state index contributed by atoms with van der Waals surface area (Å²) in [5, 5.41) is 1.75. The van der Waals surface area contributed by atoms with E-state index in [1.54, 1.807) is 47.8 Å². The van der Waals surface area contributed by atoms with Gasteiger partial charge < -0.3 is 0 Å². The van der Waals surface area contributed by atoms with E-state index in [2.05, 4.69) is 97.1 Å². The zero-order valence-electron chi connectivity index (χ0n) is 21.4. The van der Waals surface area contributed by atoms with Crippen molar-refractivity contribution in [1.82, 2.24) is 0 Å². The third-order valence-electron chi connectivity index (χ3n) is 7.58. The Bertz CT molecular complexity index is 1140. The molecule has 2 aliphatic carbocycles. The van der Waals surface area contributed by atoms with Gasteiger partial charge in [-0.05, 0) is 57.7 Å². The minimum absolute atomic E-state index is 0.508. The van der Waals surface area contributed by atoms with Crippen LogP contribution in [-0.2, 0) is 0 Å². The van der Waals surface area contributed by atoms with Crippen molar-refractivity contribution >= 4 is 43.7 Å². The van der Waals surface area contributed by atoms with Crippen LogP contribution < -0.4 is 0 Å². The number of hydrogen-bond donors (Lipinski definition) is 0. The lowest BCUT2D eigenvalue weighted by atomic mass is 9.93. The first-order valence-corrected chi connectivity index (χ1v) is 16.7. The first-order valence-electron chi connectivity index (χ1n) is 12.7. The Balaban J connectivity index is 1.88. The number of hydrogen-bond acceptors (Lipinski definition) is 0. The molecular formula is C30H38MgSi. The Morgan fingerprint density at radius 1 is 0.875 bits per heavy atom. The van der Waals surface area contributed by atoms with E-state index in [0.717, 1.165) is 0 Å². The molecule has 0 heterocycles. The van der Waals surface area contributed by atoms with Crippen LogP contribution in [0.3, 0.4) is 0 Å². The molecule has 0 saturated heterocycles. The number of rotatable bonds is 6. The summed E-state index contributed by atoms with van der Waals surface area (Å²) in [4.78, 5) is 0. The van der Waals surface area contributed by atoms with E-state index >= 15 is 0 Å². The molecule has 0 aliphatic heterocycles. The topological polar surface area (TPSA) is 0 Å². The van der Waals surface area contributed by atoms with Gasteiger partial charge in [-0.3, -0.25) is 0 Å². The average molecular weight is 451 g/mol. The van der Waals surface area contributed by atoms with Gasteiger partial charge >= 0.3 is 20.4 Å². The van der Waals surface area contributed by atoms with Crippen LogP contribution in [0.15, 0.2) is 47.5 Å². The summed E-state index contributed by atoms with van der Waals surface area (Å²) < 4.78 is 2.43. The van der Waals surface area contributed by atoms with Crippen LogP contribution in [0.1, 0.15) is 104 Å². The van der Waals surface area contributed by atoms with E-state index in [4.69, 9.17) is 0 Å². The molecule has 0 saturated carbocycles. The van der Waals surface area contributed by atoms with Crippen LogP contribution in [0.25, 0.3) is 9.78 Å². The first kappa shape index (κ1) is 23.9. The third kappa shape index (κ3) is 3.97. The average Bonchev–Trinajstić information content (AvgIpc) is 3.28. The molecule has 0 aromatic heterocycles. The van der Waals surface area contributed by atoms with Crippen molar-refractivity contribution in [2.45, 2.75) is 83.4 Å². The van der Waals surface area contributed by atoms with Gasteiger partial charge in [0.1, 0.15) is 0 Å². The summed E-state index contributed by atoms with van der Waals surface area (Å²) in [6, 6.07) is 14.3. The van der Waals surface area contributed by atoms with Gasteiger partial charge in [-0.25, -0.2) is 0 Å². The fourth-order valence-corrected chi connectivity index (χ4v) is 10.8. The Labute approximate surface area is 207 Å². The summed E-state index contributed by atoms with van der Waals surface area (Å²) in [6.45, 7) is 19.2. The first-order chi connectivity index (χ1) is 15.3. The van der Waals surface area contributed by atoms with Gasteiger partial charge in [0.15, 0.2) is 0 Å². The smallest absolute Gasteiger partial charge is 0.161 e. The van der Waals surface area contributed by atoms with Crippen LogP contribution in [0, 0.1) is 0 Å². The molecule has 2 aromatic rings. The van der Waals surface area contributed by atoms with E-state index in [0.29, 0.717) is 15.9 Å². The van der Waals surface area contributed by atoms with Gasteiger partial charge in [-0.1, -0.05) is 118 Å². The van der Waals surface area contributed by atoms with Crippen molar-refractivity contribution in [3.8, 4) is 0 Å². The summed E-state index contributed by atoms with van der Waals surface area (Å²) in [5.41, 5.74) is 12.9. The van der Waals surface area contributed by atoms with E-state index < -0.39 is 28.8 Å². The molecule has 0 spiro atoms. The number of benzene rings is 2. The van der Waals surface area contributed by atoms with Crippen molar-refractivity contribution in [3.05, 3.63) is 80.9 Å². The Morgan fingerprint density at radius 3 is 2.12 bits per heavy atom. The molecule has 0 radical (unpaired) electrons. The van der Waals surface area contributed by atoms with E-state index in [-0.39, 0.29) is 0 Å². The van der Waals surface area contributed by atoms with Crippen molar-refractivity contribution in [2.75, 3.05) is 0 Å². The molecule has 1 atom stereocenters. The van der Waals surface area contributed by atoms with Crippen LogP contribution >= 0.6 is 0 Å². The Hall–Kier alpha value is -1.23. The summed E-state index contributed by atoms with van der Waals surface area (Å²) in [6.07, 6.45) is 4.91. The molecule has 4 rings (SSSR count). The van der Waals surface area contributed by atoms with Crippen molar-refractivity contribution in [2.24, 2.45) is 0 Å². The fraction of sp³-hybridized carbons (Fsp3) is 0.433. The van der Waals surface area contributed by atoms with Crippen molar-refractivity contribution < 1.29 is 0 Å². The highest BCUT2D eigenvalue weighted by Gasteiger charge is 2.34. The second-order valence-electron chi connectivity index (χ2n) is 10.4. The lowest BCUT2D eigenvalue weighted by Gasteiger charge is -2.19. The van der Waals surface area contributed by atoms with Gasteiger partial charge in [0, 0.05) is 8.41 Å². The van der Waals surface area contributed by atoms with Gasteiger partial charge in [-0.15, -0.1) is 0 Å². The summed E-state index contributed by atoms with van der Waals surface area (Å²) in [5.74, 6) is 1.16. The highest BCUT2D eigenvalue weighted by atomic mass is 28.2. The fourth-order valence-electron chi connectivity index (χ4n) is 6.08. The molecule has 2 heteroatoms. The molecule has 0 fully saturated rings. The molecule has 0 bridgehead atoms. The maximum absolute atomic E-state index is 2.56. The molecule has 0 nitrogen and oxygen atoms in total. The largest absolute Gasteiger partial charge is 0.426 e. The molecule has 1 unspecified atom stereocenters. The molecule has 2 aliphatic rings.